The topological polar surface area (TPSA) is 83.4 Å². The molecule has 1 aliphatic rings. The third kappa shape index (κ3) is 6.77. The van der Waals surface area contributed by atoms with Crippen molar-refractivity contribution < 1.29 is 27.4 Å². The number of benzene rings is 1. The van der Waals surface area contributed by atoms with Gasteiger partial charge in [-0.3, -0.25) is 0 Å². The van der Waals surface area contributed by atoms with Crippen LogP contribution in [0.5, 0.6) is 5.88 Å². The van der Waals surface area contributed by atoms with Gasteiger partial charge in [-0.05, 0) is 45.2 Å². The maximum Gasteiger partial charge on any atom is 0.419 e. The Morgan fingerprint density at radius 1 is 1.08 bits per heavy atom. The summed E-state index contributed by atoms with van der Waals surface area (Å²) in [5.41, 5.74) is -0.208. The minimum Gasteiger partial charge on any atom is -0.479 e. The molecule has 37 heavy (non-hydrogen) atoms. The van der Waals surface area contributed by atoms with Crippen LogP contribution < -0.4 is 15.0 Å². The number of aliphatic hydroxyl groups is 1. The summed E-state index contributed by atoms with van der Waals surface area (Å²) in [6, 6.07) is 4.36. The molecule has 1 atom stereocenters. The quantitative estimate of drug-likeness (QED) is 0.338. The van der Waals surface area contributed by atoms with Gasteiger partial charge in [0.1, 0.15) is 23.1 Å². The molecular weight excluding hydrogens is 490 g/mol. The minimum absolute atomic E-state index is 0.105. The van der Waals surface area contributed by atoms with Gasteiger partial charge in [-0.1, -0.05) is 12.1 Å². The number of ether oxygens (including phenoxy) is 1. The van der Waals surface area contributed by atoms with Crippen molar-refractivity contribution >= 4 is 22.5 Å². The van der Waals surface area contributed by atoms with Crippen molar-refractivity contribution in [2.45, 2.75) is 45.3 Å². The second-order valence-corrected chi connectivity index (χ2v) is 8.13. The lowest BCUT2D eigenvalue weighted by atomic mass is 10.0. The zero-order chi connectivity index (χ0) is 27.8. The van der Waals surface area contributed by atoms with Crippen molar-refractivity contribution in [2.75, 3.05) is 37.5 Å². The van der Waals surface area contributed by atoms with Crippen molar-refractivity contribution in [1.29, 1.82) is 0 Å². The number of aliphatic hydroxyl groups excluding tert-OH is 1. The maximum atomic E-state index is 14.7. The fourth-order valence-electron chi connectivity index (χ4n) is 4.14. The van der Waals surface area contributed by atoms with Crippen molar-refractivity contribution in [2.24, 2.45) is 0 Å². The van der Waals surface area contributed by atoms with E-state index in [1.165, 1.54) is 12.1 Å². The third-order valence-electron chi connectivity index (χ3n) is 5.79. The van der Waals surface area contributed by atoms with E-state index in [9.17, 15) is 17.6 Å². The molecule has 0 spiro atoms. The van der Waals surface area contributed by atoms with E-state index in [1.54, 1.807) is 21.0 Å². The molecule has 0 unspecified atom stereocenters. The van der Waals surface area contributed by atoms with E-state index >= 15 is 0 Å². The number of nitrogens with one attached hydrogen (secondary N) is 1. The molecule has 11 heteroatoms. The summed E-state index contributed by atoms with van der Waals surface area (Å²) in [4.78, 5) is 15.6. The van der Waals surface area contributed by atoms with Gasteiger partial charge < -0.3 is 20.1 Å². The number of rotatable bonds is 5. The molecule has 200 valence electrons. The monoisotopic (exact) mass is 521 g/mol. The number of methoxy groups -OCH3 is 1. The molecule has 0 saturated carbocycles. The summed E-state index contributed by atoms with van der Waals surface area (Å²) < 4.78 is 59.7. The number of pyridine rings is 1. The first kappa shape index (κ1) is 29.6. The van der Waals surface area contributed by atoms with E-state index in [-0.39, 0.29) is 5.56 Å². The van der Waals surface area contributed by atoms with Gasteiger partial charge in [0.05, 0.1) is 24.1 Å². The van der Waals surface area contributed by atoms with E-state index in [0.29, 0.717) is 28.6 Å². The average Bonchev–Trinajstić information content (AvgIpc) is 2.90. The Kier molecular flexibility index (Phi) is 10.4. The van der Waals surface area contributed by atoms with Crippen LogP contribution in [-0.2, 0) is 6.18 Å². The first-order valence-corrected chi connectivity index (χ1v) is 11.6. The van der Waals surface area contributed by atoms with Crippen LogP contribution in [0.4, 0.5) is 29.1 Å². The number of fused-ring (bicyclic) bond motifs is 1. The SMILES string of the molecule is C#C.CO.COc1nc2nc(C)nc(N[C@H](C)c3cccc(C(F)(F)F)c3F)c2cc1N1CCCCC1. The zero-order valence-corrected chi connectivity index (χ0v) is 21.2. The summed E-state index contributed by atoms with van der Waals surface area (Å²) >= 11 is 0. The van der Waals surface area contributed by atoms with Crippen LogP contribution in [0.1, 0.15) is 49.2 Å². The van der Waals surface area contributed by atoms with Crippen LogP contribution >= 0.6 is 0 Å². The van der Waals surface area contributed by atoms with Gasteiger partial charge in [0.15, 0.2) is 5.65 Å². The average molecular weight is 522 g/mol. The summed E-state index contributed by atoms with van der Waals surface area (Å²) in [6.45, 7) is 5.01. The molecule has 3 aromatic rings. The number of aromatic nitrogens is 3. The van der Waals surface area contributed by atoms with E-state index < -0.39 is 23.6 Å². The van der Waals surface area contributed by atoms with E-state index in [0.717, 1.165) is 51.2 Å². The molecule has 0 bridgehead atoms. The Bertz CT molecular complexity index is 1210. The Morgan fingerprint density at radius 3 is 2.32 bits per heavy atom. The van der Waals surface area contributed by atoms with Crippen LogP contribution in [0.15, 0.2) is 24.3 Å². The van der Waals surface area contributed by atoms with Gasteiger partial charge in [-0.25, -0.2) is 14.4 Å². The molecule has 0 radical (unpaired) electrons. The lowest BCUT2D eigenvalue weighted by molar-refractivity contribution is -0.140. The van der Waals surface area contributed by atoms with Crippen molar-refractivity contribution in [3.05, 3.63) is 47.0 Å². The summed E-state index contributed by atoms with van der Waals surface area (Å²) in [5, 5.41) is 10.7. The van der Waals surface area contributed by atoms with Crippen LogP contribution in [0.3, 0.4) is 0 Å². The van der Waals surface area contributed by atoms with Crippen LogP contribution in [-0.4, -0.2) is 47.4 Å². The number of hydrogen-bond acceptors (Lipinski definition) is 7. The third-order valence-corrected chi connectivity index (χ3v) is 5.79. The Morgan fingerprint density at radius 2 is 1.73 bits per heavy atom. The van der Waals surface area contributed by atoms with Crippen molar-refractivity contribution in [3.63, 3.8) is 0 Å². The molecule has 1 fully saturated rings. The number of anilines is 2. The second-order valence-electron chi connectivity index (χ2n) is 8.13. The second kappa shape index (κ2) is 13.1. The molecule has 1 aromatic carbocycles. The van der Waals surface area contributed by atoms with Crippen LogP contribution in [0.25, 0.3) is 11.0 Å². The number of nitrogens with zero attached hydrogens (tertiary/aromatic N) is 4. The van der Waals surface area contributed by atoms with E-state index in [2.05, 4.69) is 38.0 Å². The van der Waals surface area contributed by atoms with Gasteiger partial charge in [0.25, 0.3) is 0 Å². The van der Waals surface area contributed by atoms with Gasteiger partial charge in [-0.2, -0.15) is 18.2 Å². The lowest BCUT2D eigenvalue weighted by Gasteiger charge is -2.29. The van der Waals surface area contributed by atoms with Gasteiger partial charge in [0.2, 0.25) is 5.88 Å². The predicted octanol–water partition coefficient (Wildman–Crippen LogP) is 5.52. The minimum atomic E-state index is -4.78. The van der Waals surface area contributed by atoms with Gasteiger partial charge in [0, 0.05) is 25.8 Å². The molecule has 7 nitrogen and oxygen atoms in total. The van der Waals surface area contributed by atoms with Gasteiger partial charge in [-0.15, -0.1) is 12.8 Å². The molecule has 3 heterocycles. The first-order chi connectivity index (χ1) is 17.7. The number of aryl methyl sites for hydroxylation is 1. The largest absolute Gasteiger partial charge is 0.479 e. The van der Waals surface area contributed by atoms with Crippen LogP contribution in [0, 0.1) is 25.6 Å². The number of terminal acetylenes is 1. The highest BCUT2D eigenvalue weighted by molar-refractivity contribution is 5.90. The molecule has 2 N–H and O–H groups in total. The fourth-order valence-corrected chi connectivity index (χ4v) is 4.14. The molecule has 1 aliphatic heterocycles. The molecule has 0 amide bonds. The number of hydrogen-bond donors (Lipinski definition) is 2. The standard InChI is InChI=1S/C23H25F4N5O.C2H2.CH4O/c1-13(15-8-7-9-17(19(15)24)23(25,26)27)28-20-16-12-18(32-10-5-4-6-11-32)22(33-3)31-21(16)30-14(2)29-20;2*1-2/h7-9,12-13H,4-6,10-11H2,1-3H3,(H,28,29,30,31);1-2H;2H,1H3/t13-;;/m1../s1. The maximum absolute atomic E-state index is 14.7. The Labute approximate surface area is 213 Å². The molecule has 0 aliphatic carbocycles. The smallest absolute Gasteiger partial charge is 0.419 e. The highest BCUT2D eigenvalue weighted by Gasteiger charge is 2.35. The van der Waals surface area contributed by atoms with Crippen LogP contribution in [0.2, 0.25) is 0 Å². The molecular formula is C26H31F4N5O2. The summed E-state index contributed by atoms with van der Waals surface area (Å²) in [7, 11) is 2.55. The number of alkyl halides is 3. The molecule has 4 rings (SSSR count). The highest BCUT2D eigenvalue weighted by atomic mass is 19.4. The Hall–Kier alpha value is -3.65. The van der Waals surface area contributed by atoms with Gasteiger partial charge >= 0.3 is 6.18 Å². The van der Waals surface area contributed by atoms with E-state index in [4.69, 9.17) is 9.84 Å². The lowest BCUT2D eigenvalue weighted by Crippen LogP contribution is -2.30. The van der Waals surface area contributed by atoms with Crippen molar-refractivity contribution in [3.8, 4) is 18.7 Å². The van der Waals surface area contributed by atoms with E-state index in [1.807, 2.05) is 6.07 Å². The number of piperidine rings is 1. The molecule has 2 aromatic heterocycles. The predicted molar refractivity (Wildman–Crippen MR) is 136 cm³/mol. The summed E-state index contributed by atoms with van der Waals surface area (Å²) in [6.07, 6.45) is 6.50. The normalized spacial score (nSPS) is 14.1. The van der Waals surface area contributed by atoms with Crippen molar-refractivity contribution in [1.82, 2.24) is 15.0 Å². The number of halogens is 4. The fraction of sp³-hybridized carbons (Fsp3) is 0.423. The Balaban J connectivity index is 0.00000115. The molecule has 1 saturated heterocycles. The highest BCUT2D eigenvalue weighted by Crippen LogP contribution is 2.37. The zero-order valence-electron chi connectivity index (χ0n) is 21.2. The first-order valence-electron chi connectivity index (χ1n) is 11.6. The summed E-state index contributed by atoms with van der Waals surface area (Å²) in [5.74, 6) is -0.0588.